The largest absolute Gasteiger partial charge is 0.496 e. The van der Waals surface area contributed by atoms with Gasteiger partial charge >= 0.3 is 5.97 Å². The van der Waals surface area contributed by atoms with Gasteiger partial charge in [-0.25, -0.2) is 4.79 Å². The summed E-state index contributed by atoms with van der Waals surface area (Å²) in [6, 6.07) is 19.6. The molecule has 3 aromatic carbocycles. The molecule has 3 heteroatoms. The molecule has 1 atom stereocenters. The van der Waals surface area contributed by atoms with Gasteiger partial charge in [0.05, 0.1) is 7.11 Å². The molecule has 0 bridgehead atoms. The molecule has 4 rings (SSSR count). The van der Waals surface area contributed by atoms with Crippen molar-refractivity contribution in [3.05, 3.63) is 83.9 Å². The third kappa shape index (κ3) is 2.09. The van der Waals surface area contributed by atoms with Crippen molar-refractivity contribution in [2.75, 3.05) is 7.11 Å². The molecule has 0 N–H and O–H groups in total. The number of para-hydroxylation sites is 1. The van der Waals surface area contributed by atoms with Crippen molar-refractivity contribution in [2.45, 2.75) is 5.92 Å². The first kappa shape index (κ1) is 14.5. The second kappa shape index (κ2) is 5.53. The number of fused-ring (bicyclic) bond motifs is 3. The van der Waals surface area contributed by atoms with Crippen molar-refractivity contribution in [3.8, 4) is 11.5 Å². The maximum absolute atomic E-state index is 12.3. The summed E-state index contributed by atoms with van der Waals surface area (Å²) in [5, 5.41) is 2.15. The molecule has 1 unspecified atom stereocenters. The highest BCUT2D eigenvalue weighted by Crippen LogP contribution is 2.46. The summed E-state index contributed by atoms with van der Waals surface area (Å²) in [5.74, 6) is 0.636. The lowest BCUT2D eigenvalue weighted by Gasteiger charge is -2.29. The monoisotopic (exact) mass is 316 g/mol. The molecule has 24 heavy (non-hydrogen) atoms. The van der Waals surface area contributed by atoms with Crippen molar-refractivity contribution < 1.29 is 14.3 Å². The number of carbonyl (C=O) groups excluding carboxylic acids is 1. The summed E-state index contributed by atoms with van der Waals surface area (Å²) in [5.41, 5.74) is 2.30. The van der Waals surface area contributed by atoms with E-state index in [1.165, 1.54) is 0 Å². The van der Waals surface area contributed by atoms with Gasteiger partial charge in [0, 0.05) is 22.6 Å². The predicted octanol–water partition coefficient (Wildman–Crippen LogP) is 4.46. The lowest BCUT2D eigenvalue weighted by molar-refractivity contribution is -0.131. The van der Waals surface area contributed by atoms with Crippen molar-refractivity contribution >= 4 is 16.7 Å². The van der Waals surface area contributed by atoms with Gasteiger partial charge in [0.1, 0.15) is 11.5 Å². The van der Waals surface area contributed by atoms with E-state index in [0.29, 0.717) is 11.3 Å². The van der Waals surface area contributed by atoms with Crippen LogP contribution in [0.25, 0.3) is 10.8 Å². The zero-order chi connectivity index (χ0) is 16.7. The van der Waals surface area contributed by atoms with Crippen LogP contribution in [0, 0.1) is 0 Å². The van der Waals surface area contributed by atoms with E-state index >= 15 is 0 Å². The van der Waals surface area contributed by atoms with Crippen molar-refractivity contribution in [1.29, 1.82) is 0 Å². The maximum Gasteiger partial charge on any atom is 0.339 e. The molecule has 1 heterocycles. The Morgan fingerprint density at radius 1 is 1.00 bits per heavy atom. The zero-order valence-electron chi connectivity index (χ0n) is 13.3. The van der Waals surface area contributed by atoms with Gasteiger partial charge in [0.15, 0.2) is 0 Å². The maximum atomic E-state index is 12.3. The molecule has 0 spiro atoms. The number of ether oxygens (including phenoxy) is 2. The van der Waals surface area contributed by atoms with E-state index in [1.807, 2.05) is 60.7 Å². The molecule has 0 fully saturated rings. The third-order valence-corrected chi connectivity index (χ3v) is 4.48. The Bertz CT molecular complexity index is 972. The van der Waals surface area contributed by atoms with Crippen LogP contribution in [-0.2, 0) is 4.79 Å². The van der Waals surface area contributed by atoms with Gasteiger partial charge in [-0.1, -0.05) is 55.1 Å². The summed E-state index contributed by atoms with van der Waals surface area (Å²) in [4.78, 5) is 12.3. The molecule has 0 amide bonds. The third-order valence-electron chi connectivity index (χ3n) is 4.48. The van der Waals surface area contributed by atoms with E-state index in [9.17, 15) is 4.79 Å². The highest BCUT2D eigenvalue weighted by molar-refractivity contribution is 5.99. The first-order valence-electron chi connectivity index (χ1n) is 7.76. The van der Waals surface area contributed by atoms with Crippen LogP contribution in [0.5, 0.6) is 11.5 Å². The number of hydrogen-bond acceptors (Lipinski definition) is 3. The summed E-state index contributed by atoms with van der Waals surface area (Å²) in [6.45, 7) is 4.00. The van der Waals surface area contributed by atoms with Crippen LogP contribution in [0.4, 0.5) is 0 Å². The summed E-state index contributed by atoms with van der Waals surface area (Å²) in [6.07, 6.45) is 0. The van der Waals surface area contributed by atoms with Crippen LogP contribution in [0.1, 0.15) is 17.0 Å². The van der Waals surface area contributed by atoms with E-state index < -0.39 is 5.97 Å². The fourth-order valence-electron chi connectivity index (χ4n) is 3.37. The highest BCUT2D eigenvalue weighted by atomic mass is 16.5. The molecule has 1 aliphatic rings. The zero-order valence-corrected chi connectivity index (χ0v) is 13.3. The molecule has 0 saturated heterocycles. The second-order valence-corrected chi connectivity index (χ2v) is 5.79. The van der Waals surface area contributed by atoms with Gasteiger partial charge in [-0.3, -0.25) is 0 Å². The Hall–Kier alpha value is -3.07. The Kier molecular flexibility index (Phi) is 3.35. The normalized spacial score (nSPS) is 16.6. The summed E-state index contributed by atoms with van der Waals surface area (Å²) in [7, 11) is 1.63. The van der Waals surface area contributed by atoms with E-state index in [4.69, 9.17) is 9.47 Å². The van der Waals surface area contributed by atoms with Crippen LogP contribution in [0.2, 0.25) is 0 Å². The lowest BCUT2D eigenvalue weighted by Crippen LogP contribution is -2.24. The van der Waals surface area contributed by atoms with E-state index in [0.717, 1.165) is 27.6 Å². The van der Waals surface area contributed by atoms with Crippen LogP contribution in [0.15, 0.2) is 72.8 Å². The van der Waals surface area contributed by atoms with Crippen LogP contribution in [-0.4, -0.2) is 13.1 Å². The standard InChI is InChI=1S/C21H16O3/c1-13-19(16-9-5-6-10-17(16)23-2)20-15-8-4-3-7-14(15)11-12-18(20)24-21(13)22/h3-12,19H,1H2,2H3. The number of esters is 1. The predicted molar refractivity (Wildman–Crippen MR) is 93.6 cm³/mol. The van der Waals surface area contributed by atoms with E-state index in [1.54, 1.807) is 7.11 Å². The fourth-order valence-corrected chi connectivity index (χ4v) is 3.37. The quantitative estimate of drug-likeness (QED) is 0.398. The Labute approximate surface area is 140 Å². The van der Waals surface area contributed by atoms with Gasteiger partial charge in [-0.05, 0) is 22.9 Å². The van der Waals surface area contributed by atoms with E-state index in [2.05, 4.69) is 6.58 Å². The average Bonchev–Trinajstić information content (AvgIpc) is 2.63. The first-order valence-corrected chi connectivity index (χ1v) is 7.76. The number of carbonyl (C=O) groups is 1. The SMILES string of the molecule is C=C1C(=O)Oc2ccc3ccccc3c2C1c1ccccc1OC. The molecule has 0 aliphatic carbocycles. The van der Waals surface area contributed by atoms with Crippen molar-refractivity contribution in [1.82, 2.24) is 0 Å². The number of hydrogen-bond donors (Lipinski definition) is 0. The average molecular weight is 316 g/mol. The van der Waals surface area contributed by atoms with Gasteiger partial charge in [-0.15, -0.1) is 0 Å². The molecule has 118 valence electrons. The Morgan fingerprint density at radius 3 is 2.58 bits per heavy atom. The van der Waals surface area contributed by atoms with Crippen molar-refractivity contribution in [2.24, 2.45) is 0 Å². The first-order chi connectivity index (χ1) is 11.7. The number of methoxy groups -OCH3 is 1. The summed E-state index contributed by atoms with van der Waals surface area (Å²) >= 11 is 0. The molecule has 0 saturated carbocycles. The molecule has 0 radical (unpaired) electrons. The minimum absolute atomic E-state index is 0.288. The molecular weight excluding hydrogens is 300 g/mol. The smallest absolute Gasteiger partial charge is 0.339 e. The summed E-state index contributed by atoms with van der Waals surface area (Å²) < 4.78 is 11.0. The minimum atomic E-state index is -0.395. The second-order valence-electron chi connectivity index (χ2n) is 5.79. The minimum Gasteiger partial charge on any atom is -0.496 e. The van der Waals surface area contributed by atoms with Gasteiger partial charge in [0.2, 0.25) is 0 Å². The number of benzene rings is 3. The van der Waals surface area contributed by atoms with Crippen LogP contribution >= 0.6 is 0 Å². The highest BCUT2D eigenvalue weighted by Gasteiger charge is 2.35. The molecule has 0 aromatic heterocycles. The van der Waals surface area contributed by atoms with Crippen LogP contribution < -0.4 is 9.47 Å². The van der Waals surface area contributed by atoms with Crippen molar-refractivity contribution in [3.63, 3.8) is 0 Å². The van der Waals surface area contributed by atoms with Gasteiger partial charge in [-0.2, -0.15) is 0 Å². The van der Waals surface area contributed by atoms with Crippen LogP contribution in [0.3, 0.4) is 0 Å². The molecule has 1 aliphatic heterocycles. The number of rotatable bonds is 2. The topological polar surface area (TPSA) is 35.5 Å². The van der Waals surface area contributed by atoms with Gasteiger partial charge in [0.25, 0.3) is 0 Å². The molecule has 3 aromatic rings. The Balaban J connectivity index is 2.06. The van der Waals surface area contributed by atoms with E-state index in [-0.39, 0.29) is 5.92 Å². The molecular formula is C21H16O3. The lowest BCUT2D eigenvalue weighted by atomic mass is 9.80. The Morgan fingerprint density at radius 2 is 1.75 bits per heavy atom. The molecule has 3 nitrogen and oxygen atoms in total. The fraction of sp³-hybridized carbons (Fsp3) is 0.0952. The van der Waals surface area contributed by atoms with Gasteiger partial charge < -0.3 is 9.47 Å².